The molecule has 0 saturated heterocycles. The van der Waals surface area contributed by atoms with Crippen molar-refractivity contribution in [2.75, 3.05) is 35.3 Å². The maximum Gasteiger partial charge on any atom is 0.326 e. The van der Waals surface area contributed by atoms with Crippen LogP contribution in [0.2, 0.25) is 0 Å². The van der Waals surface area contributed by atoms with Crippen LogP contribution < -0.4 is 22.1 Å². The van der Waals surface area contributed by atoms with Gasteiger partial charge in [-0.2, -0.15) is 10.2 Å². The third kappa shape index (κ3) is 7.98. The lowest BCUT2D eigenvalue weighted by Crippen LogP contribution is -2.41. The summed E-state index contributed by atoms with van der Waals surface area (Å²) in [6.45, 7) is 6.51. The van der Waals surface area contributed by atoms with Crippen molar-refractivity contribution < 1.29 is 46.5 Å². The van der Waals surface area contributed by atoms with E-state index in [9.17, 15) is 28.0 Å². The van der Waals surface area contributed by atoms with Crippen LogP contribution in [0.5, 0.6) is 0 Å². The molecule has 8 heterocycles. The van der Waals surface area contributed by atoms with E-state index < -0.39 is 34.6 Å². The third-order valence-corrected chi connectivity index (χ3v) is 11.6. The monoisotopic (exact) mass is 954 g/mol. The highest BCUT2D eigenvalue weighted by molar-refractivity contribution is 6.20. The van der Waals surface area contributed by atoms with Crippen LogP contribution in [0.4, 0.5) is 32.1 Å². The van der Waals surface area contributed by atoms with E-state index in [-0.39, 0.29) is 84.0 Å². The maximum atomic E-state index is 14.3. The van der Waals surface area contributed by atoms with Crippen molar-refractivity contribution in [1.29, 1.82) is 0 Å². The number of nitrogens with one attached hydrogen (secondary N) is 2. The molecule has 70 heavy (non-hydrogen) atoms. The number of nitrogen functional groups attached to an aromatic ring is 2. The summed E-state index contributed by atoms with van der Waals surface area (Å²) in [5, 5.41) is 22.2. The Labute approximate surface area is 394 Å². The Morgan fingerprint density at radius 3 is 1.39 bits per heavy atom. The first-order chi connectivity index (χ1) is 33.6. The van der Waals surface area contributed by atoms with Crippen molar-refractivity contribution in [1.82, 2.24) is 49.8 Å². The summed E-state index contributed by atoms with van der Waals surface area (Å²) < 4.78 is 51.8. The van der Waals surface area contributed by atoms with E-state index in [1.54, 1.807) is 83.9 Å². The topological polar surface area (TPSA) is 302 Å². The molecule has 0 bridgehead atoms. The molecule has 0 fully saturated rings. The lowest BCUT2D eigenvalue weighted by Gasteiger charge is -2.20. The van der Waals surface area contributed by atoms with Crippen LogP contribution in [-0.4, -0.2) is 86.8 Å². The first kappa shape index (κ1) is 45.9. The van der Waals surface area contributed by atoms with Crippen molar-refractivity contribution in [3.05, 3.63) is 119 Å². The highest BCUT2D eigenvalue weighted by atomic mass is 19.1. The van der Waals surface area contributed by atoms with Gasteiger partial charge >= 0.3 is 11.9 Å². The van der Waals surface area contributed by atoms with Gasteiger partial charge in [0, 0.05) is 23.3 Å². The molecule has 356 valence electrons. The quantitative estimate of drug-likeness (QED) is 0.0917. The van der Waals surface area contributed by atoms with Crippen molar-refractivity contribution in [2.24, 2.45) is 0 Å². The van der Waals surface area contributed by atoms with Crippen LogP contribution in [0.15, 0.2) is 94.4 Å². The van der Waals surface area contributed by atoms with Crippen molar-refractivity contribution in [3.8, 4) is 45.8 Å². The second kappa shape index (κ2) is 18.1. The van der Waals surface area contributed by atoms with Crippen molar-refractivity contribution in [3.63, 3.8) is 0 Å². The number of carbonyl (C=O) groups excluding carboxylic acids is 4. The fraction of sp³-hybridized carbons (Fsp3) is 0.217. The number of ether oxygens (including phenoxy) is 2. The smallest absolute Gasteiger partial charge is 0.326 e. The molecule has 6 N–H and O–H groups in total. The number of nitrogens with two attached hydrogens (primary N) is 2. The number of anilines is 4. The van der Waals surface area contributed by atoms with E-state index >= 15 is 0 Å². The lowest BCUT2D eigenvalue weighted by atomic mass is 9.84. The largest absolute Gasteiger partial charge is 0.465 e. The van der Waals surface area contributed by atoms with Gasteiger partial charge in [0.25, 0.3) is 0 Å². The molecule has 0 radical (unpaired) electrons. The summed E-state index contributed by atoms with van der Waals surface area (Å²) in [7, 11) is 0. The Bertz CT molecular complexity index is 3120. The molecule has 2 aliphatic rings. The van der Waals surface area contributed by atoms with E-state index in [4.69, 9.17) is 30.0 Å². The molecular formula is C46H40F2N14O8. The Morgan fingerprint density at radius 2 is 1.03 bits per heavy atom. The SMILES string of the molecule is CCOC(=O)C1(C)C(=O)Nc2nc(-c3cc(-c4ccon4)n(Cc4ccccc4F)n3)nc(N)c21.CCOC(=O)C1(C)C(=O)Nc2nc(-c3cc(-c4ccon4)n(Cc4ccccc4F)n3)nc(N)c21. The molecule has 8 aromatic rings. The number of hydrogen-bond acceptors (Lipinski definition) is 18. The van der Waals surface area contributed by atoms with Gasteiger partial charge in [-0.25, -0.2) is 28.7 Å². The number of halogens is 2. The number of nitrogens with zero attached hydrogens (tertiary/aromatic N) is 10. The van der Waals surface area contributed by atoms with E-state index in [2.05, 4.69) is 51.1 Å². The molecule has 10 rings (SSSR count). The summed E-state index contributed by atoms with van der Waals surface area (Å²) in [6, 6.07) is 19.3. The van der Waals surface area contributed by atoms with Crippen molar-refractivity contribution in [2.45, 2.75) is 51.6 Å². The minimum Gasteiger partial charge on any atom is -0.465 e. The number of aromatic nitrogens is 10. The normalized spacial score (nSPS) is 16.7. The summed E-state index contributed by atoms with van der Waals surface area (Å²) in [5.41, 5.74) is 12.8. The molecular weight excluding hydrogens is 915 g/mol. The van der Waals surface area contributed by atoms with Crippen LogP contribution in [0.1, 0.15) is 49.9 Å². The summed E-state index contributed by atoms with van der Waals surface area (Å²) >= 11 is 0. The zero-order valence-electron chi connectivity index (χ0n) is 37.6. The average Bonchev–Trinajstić information content (AvgIpc) is 4.21. The molecule has 0 saturated carbocycles. The zero-order chi connectivity index (χ0) is 49.5. The third-order valence-electron chi connectivity index (χ3n) is 11.6. The molecule has 0 spiro atoms. The molecule has 22 nitrogen and oxygen atoms in total. The zero-order valence-corrected chi connectivity index (χ0v) is 37.6. The van der Waals surface area contributed by atoms with Crippen LogP contribution in [0.25, 0.3) is 45.8 Å². The molecule has 2 unspecified atom stereocenters. The first-order valence-corrected chi connectivity index (χ1v) is 21.4. The van der Waals surface area contributed by atoms with Crippen LogP contribution in [-0.2, 0) is 52.6 Å². The number of rotatable bonds is 12. The molecule has 24 heteroatoms. The van der Waals surface area contributed by atoms with Crippen molar-refractivity contribution >= 4 is 47.0 Å². The van der Waals surface area contributed by atoms with E-state index in [0.717, 1.165) is 0 Å². The highest BCUT2D eigenvalue weighted by Crippen LogP contribution is 2.43. The predicted octanol–water partition coefficient (Wildman–Crippen LogP) is 5.08. The van der Waals surface area contributed by atoms with Gasteiger partial charge in [0.15, 0.2) is 22.5 Å². The second-order valence-electron chi connectivity index (χ2n) is 16.0. The van der Waals surface area contributed by atoms with E-state index in [1.807, 2.05) is 0 Å². The molecule has 6 aromatic heterocycles. The maximum absolute atomic E-state index is 14.3. The van der Waals surface area contributed by atoms with Gasteiger partial charge < -0.3 is 40.6 Å². The van der Waals surface area contributed by atoms with E-state index in [0.29, 0.717) is 45.3 Å². The molecule has 0 aliphatic carbocycles. The van der Waals surface area contributed by atoms with Gasteiger partial charge in [-0.3, -0.25) is 28.5 Å². The Kier molecular flexibility index (Phi) is 11.9. The average molecular weight is 955 g/mol. The van der Waals surface area contributed by atoms with Gasteiger partial charge in [-0.05, 0) is 52.0 Å². The second-order valence-corrected chi connectivity index (χ2v) is 16.0. The number of hydrogen-bond donors (Lipinski definition) is 4. The van der Waals surface area contributed by atoms with Crippen LogP contribution in [0.3, 0.4) is 0 Å². The Morgan fingerprint density at radius 1 is 0.629 bits per heavy atom. The summed E-state index contributed by atoms with van der Waals surface area (Å²) in [4.78, 5) is 68.0. The first-order valence-electron chi connectivity index (χ1n) is 21.4. The predicted molar refractivity (Wildman–Crippen MR) is 243 cm³/mol. The van der Waals surface area contributed by atoms with Gasteiger partial charge in [0.1, 0.15) is 70.2 Å². The van der Waals surface area contributed by atoms with Gasteiger partial charge in [0.05, 0.1) is 48.8 Å². The standard InChI is InChI=1S/2C23H20FN7O4/c2*1-3-34-22(33)23(2)17-18(25)26-19(27-20(17)28-21(23)32)15-10-16(14-8-9-35-30-14)31(29-15)11-12-6-4-5-7-13(12)24/h2*4-10H,3,11H2,1-2H3,(H3,25,26,27,28,32). The van der Waals surface area contributed by atoms with Crippen LogP contribution >= 0.6 is 0 Å². The number of benzene rings is 2. The Balaban J connectivity index is 0.000000174. The Hall–Kier alpha value is -9.22. The number of esters is 2. The summed E-state index contributed by atoms with van der Waals surface area (Å²) in [6.07, 6.45) is 2.82. The number of fused-ring (bicyclic) bond motifs is 2. The number of amides is 2. The minimum absolute atomic E-state index is 0.0643. The van der Waals surface area contributed by atoms with Gasteiger partial charge in [-0.1, -0.05) is 46.7 Å². The van der Waals surface area contributed by atoms with Gasteiger partial charge in [0.2, 0.25) is 11.8 Å². The lowest BCUT2D eigenvalue weighted by molar-refractivity contribution is -0.153. The van der Waals surface area contributed by atoms with Gasteiger partial charge in [-0.15, -0.1) is 0 Å². The minimum atomic E-state index is -1.68. The van der Waals surface area contributed by atoms with E-state index in [1.165, 1.54) is 38.5 Å². The van der Waals surface area contributed by atoms with Crippen LogP contribution in [0, 0.1) is 11.6 Å². The summed E-state index contributed by atoms with van der Waals surface area (Å²) in [5.74, 6) is -3.21. The fourth-order valence-corrected chi connectivity index (χ4v) is 7.96. The molecule has 2 aromatic carbocycles. The molecule has 2 aliphatic heterocycles. The molecule has 2 amide bonds. The highest BCUT2D eigenvalue weighted by Gasteiger charge is 2.54. The fourth-order valence-electron chi connectivity index (χ4n) is 7.96. The number of carbonyl (C=O) groups is 4. The molecule has 2 atom stereocenters.